The van der Waals surface area contributed by atoms with Crippen molar-refractivity contribution in [3.8, 4) is 0 Å². The lowest BCUT2D eigenvalue weighted by atomic mass is 9.63. The summed E-state index contributed by atoms with van der Waals surface area (Å²) in [5.41, 5.74) is 3.94. The van der Waals surface area contributed by atoms with Gasteiger partial charge in [0.05, 0.1) is 0 Å². The van der Waals surface area contributed by atoms with E-state index in [2.05, 4.69) is 12.1 Å². The summed E-state index contributed by atoms with van der Waals surface area (Å²) in [6.45, 7) is 0. The Kier molecular flexibility index (Phi) is 2.09. The zero-order chi connectivity index (χ0) is 12.3. The second kappa shape index (κ2) is 3.48. The molecule has 0 aromatic heterocycles. The van der Waals surface area contributed by atoms with E-state index in [1.807, 2.05) is 12.1 Å². The van der Waals surface area contributed by atoms with Gasteiger partial charge in [-0.3, -0.25) is 4.79 Å². The molecule has 1 fully saturated rings. The molecule has 2 bridgehead atoms. The van der Waals surface area contributed by atoms with Crippen LogP contribution in [0.1, 0.15) is 30.4 Å². The van der Waals surface area contributed by atoms with Crippen LogP contribution in [0.3, 0.4) is 0 Å². The number of hydrogen-bond acceptors (Lipinski definition) is 1. The predicted octanol–water partition coefficient (Wildman–Crippen LogP) is 3.73. The Morgan fingerprint density at radius 1 is 1.22 bits per heavy atom. The molecule has 18 heavy (non-hydrogen) atoms. The van der Waals surface area contributed by atoms with E-state index in [1.54, 1.807) is 0 Å². The zero-order valence-electron chi connectivity index (χ0n) is 10.2. The molecule has 0 saturated heterocycles. The maximum absolute atomic E-state index is 12.6. The molecule has 0 heterocycles. The van der Waals surface area contributed by atoms with Gasteiger partial charge in [0.15, 0.2) is 0 Å². The number of rotatable bonds is 0. The fourth-order valence-electron chi connectivity index (χ4n) is 4.16. The van der Waals surface area contributed by atoms with Crippen molar-refractivity contribution >= 4 is 17.4 Å². The Bertz CT molecular complexity index is 587. The highest BCUT2D eigenvalue weighted by atomic mass is 35.5. The minimum atomic E-state index is -0.0646. The van der Waals surface area contributed by atoms with Crippen molar-refractivity contribution in [3.63, 3.8) is 0 Å². The van der Waals surface area contributed by atoms with Gasteiger partial charge in [-0.15, -0.1) is 0 Å². The lowest BCUT2D eigenvalue weighted by molar-refractivity contribution is -0.131. The highest BCUT2D eigenvalue weighted by Gasteiger charge is 2.53. The van der Waals surface area contributed by atoms with Crippen LogP contribution in [-0.4, -0.2) is 5.78 Å². The van der Waals surface area contributed by atoms with Crippen LogP contribution in [0.2, 0.25) is 5.02 Å². The number of allylic oxidation sites excluding steroid dienone is 2. The van der Waals surface area contributed by atoms with Crippen molar-refractivity contribution in [1.29, 1.82) is 0 Å². The van der Waals surface area contributed by atoms with Gasteiger partial charge in [-0.25, -0.2) is 0 Å². The third-order valence-corrected chi connectivity index (χ3v) is 5.34. The average molecular weight is 259 g/mol. The average Bonchev–Trinajstić information content (AvgIpc) is 2.92. The number of ketones is 1. The molecule has 3 aliphatic carbocycles. The van der Waals surface area contributed by atoms with E-state index in [0.29, 0.717) is 18.1 Å². The van der Waals surface area contributed by atoms with Gasteiger partial charge in [0.1, 0.15) is 5.78 Å². The molecule has 0 amide bonds. The van der Waals surface area contributed by atoms with E-state index in [0.717, 1.165) is 36.3 Å². The summed E-state index contributed by atoms with van der Waals surface area (Å²) in [6.07, 6.45) is 7.15. The quantitative estimate of drug-likeness (QED) is 0.648. The first-order valence-electron chi connectivity index (χ1n) is 6.66. The van der Waals surface area contributed by atoms with Crippen molar-refractivity contribution in [2.24, 2.45) is 11.3 Å². The van der Waals surface area contributed by atoms with Crippen molar-refractivity contribution in [2.45, 2.75) is 32.1 Å². The monoisotopic (exact) mass is 258 g/mol. The van der Waals surface area contributed by atoms with Gasteiger partial charge in [0.2, 0.25) is 0 Å². The molecule has 2 atom stereocenters. The van der Waals surface area contributed by atoms with Crippen LogP contribution in [0, 0.1) is 11.3 Å². The summed E-state index contributed by atoms with van der Waals surface area (Å²) in [5.74, 6) is 1.02. The van der Waals surface area contributed by atoms with Crippen molar-refractivity contribution < 1.29 is 4.79 Å². The van der Waals surface area contributed by atoms with E-state index >= 15 is 0 Å². The van der Waals surface area contributed by atoms with Crippen molar-refractivity contribution in [1.82, 2.24) is 0 Å². The second-order valence-corrected chi connectivity index (χ2v) is 6.46. The van der Waals surface area contributed by atoms with Crippen LogP contribution in [0.15, 0.2) is 29.8 Å². The van der Waals surface area contributed by atoms with Crippen LogP contribution in [0.5, 0.6) is 0 Å². The highest BCUT2D eigenvalue weighted by molar-refractivity contribution is 6.30. The lowest BCUT2D eigenvalue weighted by Crippen LogP contribution is -2.42. The van der Waals surface area contributed by atoms with Crippen LogP contribution in [0.4, 0.5) is 0 Å². The smallest absolute Gasteiger partial charge is 0.144 e. The van der Waals surface area contributed by atoms with E-state index in [4.69, 9.17) is 11.6 Å². The number of carbonyl (C=O) groups is 1. The molecular formula is C16H15ClO. The largest absolute Gasteiger partial charge is 0.299 e. The molecule has 1 aromatic carbocycles. The van der Waals surface area contributed by atoms with E-state index in [9.17, 15) is 4.79 Å². The fraction of sp³-hybridized carbons (Fsp3) is 0.438. The van der Waals surface area contributed by atoms with Gasteiger partial charge in [-0.2, -0.15) is 0 Å². The second-order valence-electron chi connectivity index (χ2n) is 6.02. The minimum absolute atomic E-state index is 0.0646. The standard InChI is InChI=1S/C16H15ClO/c17-14-4-2-11-9-16(15(18)7-12(11)6-14)8-10-1-3-13(16)5-10/h1-2,4,6,13H,3,5,7-9H2. The van der Waals surface area contributed by atoms with Gasteiger partial charge in [0, 0.05) is 16.9 Å². The molecule has 1 saturated carbocycles. The number of benzene rings is 1. The van der Waals surface area contributed by atoms with Crippen molar-refractivity contribution in [3.05, 3.63) is 46.0 Å². The summed E-state index contributed by atoms with van der Waals surface area (Å²) < 4.78 is 0. The van der Waals surface area contributed by atoms with Gasteiger partial charge in [0.25, 0.3) is 0 Å². The Labute approximate surface area is 112 Å². The lowest BCUT2D eigenvalue weighted by Gasteiger charge is -2.38. The van der Waals surface area contributed by atoms with E-state index < -0.39 is 0 Å². The molecule has 3 aliphatic rings. The first-order valence-corrected chi connectivity index (χ1v) is 7.04. The summed E-state index contributed by atoms with van der Waals surface area (Å²) in [7, 11) is 0. The zero-order valence-corrected chi connectivity index (χ0v) is 11.0. The summed E-state index contributed by atoms with van der Waals surface area (Å²) in [4.78, 5) is 12.6. The third-order valence-electron chi connectivity index (χ3n) is 5.10. The molecule has 1 spiro atoms. The first kappa shape index (κ1) is 10.8. The van der Waals surface area contributed by atoms with Crippen LogP contribution in [-0.2, 0) is 17.6 Å². The van der Waals surface area contributed by atoms with Crippen LogP contribution in [0.25, 0.3) is 0 Å². The summed E-state index contributed by atoms with van der Waals surface area (Å²) >= 11 is 6.02. The molecule has 4 rings (SSSR count). The molecular weight excluding hydrogens is 244 g/mol. The van der Waals surface area contributed by atoms with Gasteiger partial charge >= 0.3 is 0 Å². The molecule has 1 nitrogen and oxygen atoms in total. The van der Waals surface area contributed by atoms with Gasteiger partial charge in [-0.05, 0) is 54.9 Å². The fourth-order valence-corrected chi connectivity index (χ4v) is 4.35. The molecule has 1 aromatic rings. The normalized spacial score (nSPS) is 32.8. The molecule has 0 radical (unpaired) electrons. The van der Waals surface area contributed by atoms with E-state index in [-0.39, 0.29) is 5.41 Å². The number of fused-ring (bicyclic) bond motifs is 4. The molecule has 92 valence electrons. The summed E-state index contributed by atoms with van der Waals surface area (Å²) in [5, 5.41) is 0.744. The molecule has 2 heteroatoms. The molecule has 2 unspecified atom stereocenters. The Hall–Kier alpha value is -1.08. The van der Waals surface area contributed by atoms with Gasteiger partial charge < -0.3 is 0 Å². The number of halogens is 1. The van der Waals surface area contributed by atoms with E-state index in [1.165, 1.54) is 11.1 Å². The van der Waals surface area contributed by atoms with Gasteiger partial charge in [-0.1, -0.05) is 29.3 Å². The number of carbonyl (C=O) groups excluding carboxylic acids is 1. The first-order chi connectivity index (χ1) is 8.67. The Morgan fingerprint density at radius 3 is 2.83 bits per heavy atom. The highest BCUT2D eigenvalue weighted by Crippen LogP contribution is 2.56. The topological polar surface area (TPSA) is 17.1 Å². The van der Waals surface area contributed by atoms with Crippen LogP contribution >= 0.6 is 11.6 Å². The Balaban J connectivity index is 1.79. The minimum Gasteiger partial charge on any atom is -0.299 e. The summed E-state index contributed by atoms with van der Waals surface area (Å²) in [6, 6.07) is 6.04. The van der Waals surface area contributed by atoms with Crippen molar-refractivity contribution in [2.75, 3.05) is 0 Å². The Morgan fingerprint density at radius 2 is 2.11 bits per heavy atom. The SMILES string of the molecule is O=C1Cc2cc(Cl)ccc2CC12CC1=CCC2C1. The number of Topliss-reactive ketones (excluding diaryl/α,β-unsaturated/α-hetero) is 1. The molecule has 0 N–H and O–H groups in total. The number of hydrogen-bond donors (Lipinski definition) is 0. The maximum atomic E-state index is 12.6. The van der Waals surface area contributed by atoms with Crippen LogP contribution < -0.4 is 0 Å². The predicted molar refractivity (Wildman–Crippen MR) is 71.7 cm³/mol. The molecule has 0 aliphatic heterocycles. The third kappa shape index (κ3) is 1.31. The maximum Gasteiger partial charge on any atom is 0.144 e.